The number of hydrogen-bond acceptors (Lipinski definition) is 5. The predicted octanol–water partition coefficient (Wildman–Crippen LogP) is 1.70. The van der Waals surface area contributed by atoms with Gasteiger partial charge in [-0.1, -0.05) is 18.2 Å². The first kappa shape index (κ1) is 17.6. The van der Waals surface area contributed by atoms with Crippen LogP contribution >= 0.6 is 11.3 Å². The summed E-state index contributed by atoms with van der Waals surface area (Å²) in [5, 5.41) is 16.2. The first-order chi connectivity index (χ1) is 12.4. The highest BCUT2D eigenvalue weighted by Crippen LogP contribution is 2.29. The van der Waals surface area contributed by atoms with Gasteiger partial charge >= 0.3 is 6.03 Å². The van der Waals surface area contributed by atoms with Crippen LogP contribution in [0.4, 0.5) is 4.79 Å². The lowest BCUT2D eigenvalue weighted by Gasteiger charge is -2.22. The summed E-state index contributed by atoms with van der Waals surface area (Å²) in [4.78, 5) is 39.0. The second-order valence-electron chi connectivity index (χ2n) is 6.00. The number of imide groups is 1. The van der Waals surface area contributed by atoms with Crippen LogP contribution in [0.25, 0.3) is 0 Å². The van der Waals surface area contributed by atoms with Crippen molar-refractivity contribution in [2.24, 2.45) is 0 Å². The maximum atomic E-state index is 12.8. The minimum absolute atomic E-state index is 0.349. The monoisotopic (exact) mass is 368 g/mol. The molecule has 1 aliphatic rings. The fourth-order valence-electron chi connectivity index (χ4n) is 2.73. The predicted molar refractivity (Wildman–Crippen MR) is 94.9 cm³/mol. The molecule has 1 saturated heterocycles. The highest BCUT2D eigenvalue weighted by molar-refractivity contribution is 7.09. The van der Waals surface area contributed by atoms with Crippen molar-refractivity contribution >= 4 is 29.2 Å². The second-order valence-corrected chi connectivity index (χ2v) is 7.03. The van der Waals surface area contributed by atoms with E-state index in [4.69, 9.17) is 5.26 Å². The number of nitrogens with zero attached hydrogens (tertiary/aromatic N) is 2. The SMILES string of the molecule is CC1(c2cccc(C#N)c2)NC(=O)N(CC(=O)NCc2cccs2)C1=O. The highest BCUT2D eigenvalue weighted by atomic mass is 32.1. The lowest BCUT2D eigenvalue weighted by molar-refractivity contribution is -0.134. The summed E-state index contributed by atoms with van der Waals surface area (Å²) in [6, 6.07) is 11.6. The minimum atomic E-state index is -1.31. The molecular weight excluding hydrogens is 352 g/mol. The molecule has 0 aliphatic carbocycles. The summed E-state index contributed by atoms with van der Waals surface area (Å²) in [5.41, 5.74) is -0.424. The lowest BCUT2D eigenvalue weighted by Crippen LogP contribution is -2.43. The quantitative estimate of drug-likeness (QED) is 0.784. The molecule has 1 aromatic carbocycles. The van der Waals surface area contributed by atoms with Gasteiger partial charge < -0.3 is 10.6 Å². The molecule has 0 radical (unpaired) electrons. The molecule has 0 saturated carbocycles. The third-order valence-electron chi connectivity index (χ3n) is 4.19. The van der Waals surface area contributed by atoms with Crippen molar-refractivity contribution < 1.29 is 14.4 Å². The fraction of sp³-hybridized carbons (Fsp3) is 0.222. The van der Waals surface area contributed by atoms with E-state index >= 15 is 0 Å². The first-order valence-corrected chi connectivity index (χ1v) is 8.76. The summed E-state index contributed by atoms with van der Waals surface area (Å²) >= 11 is 1.51. The normalized spacial score (nSPS) is 19.2. The van der Waals surface area contributed by atoms with E-state index in [0.717, 1.165) is 9.78 Å². The van der Waals surface area contributed by atoms with E-state index in [1.165, 1.54) is 11.3 Å². The molecule has 1 unspecified atom stereocenters. The average Bonchev–Trinajstić information content (AvgIpc) is 3.23. The molecule has 0 bridgehead atoms. The number of amides is 4. The molecule has 2 aromatic rings. The molecule has 0 spiro atoms. The Hall–Kier alpha value is -3.18. The van der Waals surface area contributed by atoms with Gasteiger partial charge in [0, 0.05) is 4.88 Å². The Morgan fingerprint density at radius 2 is 2.15 bits per heavy atom. The molecule has 132 valence electrons. The second kappa shape index (κ2) is 6.98. The van der Waals surface area contributed by atoms with Crippen LogP contribution in [0.3, 0.4) is 0 Å². The molecule has 4 amide bonds. The Balaban J connectivity index is 1.71. The molecular formula is C18H16N4O3S. The van der Waals surface area contributed by atoms with E-state index in [-0.39, 0.29) is 6.54 Å². The van der Waals surface area contributed by atoms with Crippen molar-refractivity contribution in [2.45, 2.75) is 19.0 Å². The summed E-state index contributed by atoms with van der Waals surface area (Å²) in [7, 11) is 0. The van der Waals surface area contributed by atoms with Gasteiger partial charge in [0.2, 0.25) is 5.91 Å². The van der Waals surface area contributed by atoms with Crippen molar-refractivity contribution in [3.63, 3.8) is 0 Å². The van der Waals surface area contributed by atoms with Gasteiger partial charge in [0.1, 0.15) is 12.1 Å². The van der Waals surface area contributed by atoms with Gasteiger partial charge in [-0.05, 0) is 36.1 Å². The fourth-order valence-corrected chi connectivity index (χ4v) is 3.38. The molecule has 2 heterocycles. The van der Waals surface area contributed by atoms with Gasteiger partial charge in [0.25, 0.3) is 5.91 Å². The van der Waals surface area contributed by atoms with E-state index in [9.17, 15) is 14.4 Å². The molecule has 1 aromatic heterocycles. The number of carbonyl (C=O) groups excluding carboxylic acids is 3. The third-order valence-corrected chi connectivity index (χ3v) is 5.06. The van der Waals surface area contributed by atoms with Crippen LogP contribution in [0.1, 0.15) is 22.9 Å². The number of urea groups is 1. The number of thiophene rings is 1. The van der Waals surface area contributed by atoms with Crippen LogP contribution in [-0.4, -0.2) is 29.3 Å². The van der Waals surface area contributed by atoms with E-state index in [2.05, 4.69) is 10.6 Å². The molecule has 1 fully saturated rings. The molecule has 8 heteroatoms. The average molecular weight is 368 g/mol. The van der Waals surface area contributed by atoms with Crippen LogP contribution < -0.4 is 10.6 Å². The Morgan fingerprint density at radius 1 is 1.35 bits per heavy atom. The van der Waals surface area contributed by atoms with E-state index < -0.39 is 23.4 Å². The Labute approximate surface area is 154 Å². The lowest BCUT2D eigenvalue weighted by atomic mass is 9.91. The largest absolute Gasteiger partial charge is 0.350 e. The van der Waals surface area contributed by atoms with Gasteiger partial charge in [-0.3, -0.25) is 14.5 Å². The van der Waals surface area contributed by atoms with E-state index in [0.29, 0.717) is 17.7 Å². The number of benzene rings is 1. The van der Waals surface area contributed by atoms with Gasteiger partial charge in [0.05, 0.1) is 18.2 Å². The molecule has 2 N–H and O–H groups in total. The topological polar surface area (TPSA) is 102 Å². The zero-order valence-electron chi connectivity index (χ0n) is 14.0. The molecule has 1 aliphatic heterocycles. The van der Waals surface area contributed by atoms with Gasteiger partial charge in [-0.15, -0.1) is 11.3 Å². The van der Waals surface area contributed by atoms with Crippen LogP contribution in [0, 0.1) is 11.3 Å². The molecule has 3 rings (SSSR count). The minimum Gasteiger partial charge on any atom is -0.350 e. The van der Waals surface area contributed by atoms with Crippen molar-refractivity contribution in [2.75, 3.05) is 6.54 Å². The Kier molecular flexibility index (Phi) is 4.73. The Bertz CT molecular complexity index is 903. The van der Waals surface area contributed by atoms with Gasteiger partial charge in [-0.25, -0.2) is 4.79 Å². The number of carbonyl (C=O) groups is 3. The van der Waals surface area contributed by atoms with E-state index in [1.54, 1.807) is 31.2 Å². The summed E-state index contributed by atoms with van der Waals surface area (Å²) in [5.74, 6) is -0.944. The van der Waals surface area contributed by atoms with E-state index in [1.807, 2.05) is 23.6 Å². The first-order valence-electron chi connectivity index (χ1n) is 7.88. The van der Waals surface area contributed by atoms with Crippen molar-refractivity contribution in [3.8, 4) is 6.07 Å². The van der Waals surface area contributed by atoms with Crippen molar-refractivity contribution in [1.29, 1.82) is 5.26 Å². The highest BCUT2D eigenvalue weighted by Gasteiger charge is 2.49. The van der Waals surface area contributed by atoms with Crippen molar-refractivity contribution in [1.82, 2.24) is 15.5 Å². The number of nitriles is 1. The number of hydrogen-bond donors (Lipinski definition) is 2. The number of nitrogens with one attached hydrogen (secondary N) is 2. The van der Waals surface area contributed by atoms with Crippen LogP contribution in [0.5, 0.6) is 0 Å². The van der Waals surface area contributed by atoms with Gasteiger partial charge in [0.15, 0.2) is 0 Å². The summed E-state index contributed by atoms with van der Waals surface area (Å²) in [6.07, 6.45) is 0. The smallest absolute Gasteiger partial charge is 0.325 e. The van der Waals surface area contributed by atoms with Crippen LogP contribution in [0.2, 0.25) is 0 Å². The Morgan fingerprint density at radius 3 is 2.85 bits per heavy atom. The standard InChI is InChI=1S/C18H16N4O3S/c1-18(13-5-2-4-12(8-13)9-19)16(24)22(17(25)21-18)11-15(23)20-10-14-6-3-7-26-14/h2-8H,10-11H2,1H3,(H,20,23)(H,21,25). The molecule has 26 heavy (non-hydrogen) atoms. The maximum absolute atomic E-state index is 12.8. The zero-order valence-corrected chi connectivity index (χ0v) is 14.8. The van der Waals surface area contributed by atoms with Crippen LogP contribution in [0.15, 0.2) is 41.8 Å². The van der Waals surface area contributed by atoms with Gasteiger partial charge in [-0.2, -0.15) is 5.26 Å². The third kappa shape index (κ3) is 3.30. The van der Waals surface area contributed by atoms with Crippen molar-refractivity contribution in [3.05, 3.63) is 57.8 Å². The maximum Gasteiger partial charge on any atom is 0.325 e. The molecule has 1 atom stereocenters. The summed E-state index contributed by atoms with van der Waals surface area (Å²) in [6.45, 7) is 1.55. The zero-order chi connectivity index (χ0) is 18.7. The summed E-state index contributed by atoms with van der Waals surface area (Å²) < 4.78 is 0. The number of rotatable bonds is 5. The molecule has 7 nitrogen and oxygen atoms in total. The van der Waals surface area contributed by atoms with Crippen LogP contribution in [-0.2, 0) is 21.7 Å².